The first kappa shape index (κ1) is 25.1. The van der Waals surface area contributed by atoms with Gasteiger partial charge in [-0.2, -0.15) is 0 Å². The van der Waals surface area contributed by atoms with Gasteiger partial charge in [0.15, 0.2) is 0 Å². The van der Waals surface area contributed by atoms with Crippen molar-refractivity contribution >= 4 is 43.6 Å². The second-order valence-electron chi connectivity index (χ2n) is 10.9. The van der Waals surface area contributed by atoms with Crippen LogP contribution in [0.4, 0.5) is 0 Å². The lowest BCUT2D eigenvalue weighted by Crippen LogP contribution is -1.91. The lowest BCUT2D eigenvalue weighted by Gasteiger charge is -2.10. The maximum atomic E-state index is 6.28. The predicted octanol–water partition coefficient (Wildman–Crippen LogP) is 9.62. The second kappa shape index (κ2) is 10.00. The molecule has 8 aromatic rings. The normalized spacial score (nSPS) is 11.5. The van der Waals surface area contributed by atoms with Crippen LogP contribution in [0.1, 0.15) is 11.4 Å². The highest BCUT2D eigenvalue weighted by atomic mass is 16.5. The summed E-state index contributed by atoms with van der Waals surface area (Å²) in [6.07, 6.45) is 0. The first-order valence-electron chi connectivity index (χ1n) is 14.3. The number of pyridine rings is 4. The van der Waals surface area contributed by atoms with Gasteiger partial charge >= 0.3 is 0 Å². The summed E-state index contributed by atoms with van der Waals surface area (Å²) in [6.45, 7) is 4.02. The Balaban J connectivity index is 1.09. The van der Waals surface area contributed by atoms with Crippen molar-refractivity contribution in [2.45, 2.75) is 13.8 Å². The van der Waals surface area contributed by atoms with Crippen LogP contribution in [0.15, 0.2) is 121 Å². The van der Waals surface area contributed by atoms with Crippen LogP contribution < -0.4 is 4.74 Å². The zero-order valence-electron chi connectivity index (χ0n) is 23.7. The van der Waals surface area contributed by atoms with Crippen LogP contribution in [0.25, 0.3) is 66.1 Å². The quantitative estimate of drug-likeness (QED) is 0.203. The molecule has 5 nitrogen and oxygen atoms in total. The molecule has 0 aliphatic heterocycles. The Kier molecular flexibility index (Phi) is 5.83. The van der Waals surface area contributed by atoms with E-state index in [0.717, 1.165) is 89.0 Å². The van der Waals surface area contributed by atoms with E-state index in [0.29, 0.717) is 0 Å². The molecular weight excluding hydrogens is 528 g/mol. The summed E-state index contributed by atoms with van der Waals surface area (Å²) in [4.78, 5) is 19.6. The van der Waals surface area contributed by atoms with Crippen molar-refractivity contribution in [3.63, 3.8) is 0 Å². The van der Waals surface area contributed by atoms with Crippen LogP contribution in [0.5, 0.6) is 11.5 Å². The van der Waals surface area contributed by atoms with Crippen LogP contribution in [-0.2, 0) is 0 Å². The third-order valence-electron chi connectivity index (χ3n) is 7.83. The molecule has 0 amide bonds. The number of aryl methyl sites for hydroxylation is 2. The number of rotatable bonds is 4. The molecule has 0 aliphatic carbocycles. The summed E-state index contributed by atoms with van der Waals surface area (Å²) < 4.78 is 6.28. The van der Waals surface area contributed by atoms with Gasteiger partial charge in [-0.1, -0.05) is 60.7 Å². The average Bonchev–Trinajstić information content (AvgIpc) is 3.04. The molecular formula is C38H26N4O. The van der Waals surface area contributed by atoms with E-state index in [1.54, 1.807) is 0 Å². The van der Waals surface area contributed by atoms with Crippen molar-refractivity contribution in [1.29, 1.82) is 0 Å². The number of aromatic nitrogens is 4. The van der Waals surface area contributed by atoms with Crippen molar-refractivity contribution in [3.05, 3.63) is 133 Å². The van der Waals surface area contributed by atoms with Gasteiger partial charge in [0.2, 0.25) is 0 Å². The van der Waals surface area contributed by atoms with Crippen LogP contribution in [-0.4, -0.2) is 19.9 Å². The van der Waals surface area contributed by atoms with Crippen molar-refractivity contribution in [1.82, 2.24) is 19.9 Å². The Bertz CT molecular complexity index is 2350. The van der Waals surface area contributed by atoms with Gasteiger partial charge in [-0.15, -0.1) is 0 Å². The smallest absolute Gasteiger partial charge is 0.128 e. The minimum absolute atomic E-state index is 0.746. The lowest BCUT2D eigenvalue weighted by atomic mass is 10.1. The van der Waals surface area contributed by atoms with Crippen molar-refractivity contribution in [2.24, 2.45) is 0 Å². The highest BCUT2D eigenvalue weighted by molar-refractivity contribution is 6.04. The maximum Gasteiger partial charge on any atom is 0.128 e. The summed E-state index contributed by atoms with van der Waals surface area (Å²) in [5.74, 6) is 1.50. The first-order chi connectivity index (χ1) is 21.1. The standard InChI is InChI=1S/C38H26N4O/c1-23-6-8-26-10-12-28-16-20-33(41-37(28)35(26)39-23)25-14-18-31(19-15-25)43-32-5-3-4-30(22-32)34-21-17-29-13-11-27-9-7-24(2)40-36(27)38(29)42-34/h3-22H,1-2H3. The Hall–Kier alpha value is -5.68. The van der Waals surface area contributed by atoms with Crippen LogP contribution in [0, 0.1) is 13.8 Å². The SMILES string of the molecule is Cc1ccc2ccc3ccc(-c4ccc(Oc5cccc(-c6ccc7ccc8ccc(C)nc8c7n6)c5)cc4)nc3c2n1. The van der Waals surface area contributed by atoms with Gasteiger partial charge in [0, 0.05) is 44.1 Å². The number of benzene rings is 4. The number of nitrogens with zero attached hydrogens (tertiary/aromatic N) is 4. The molecule has 5 heteroatoms. The van der Waals surface area contributed by atoms with Gasteiger partial charge in [-0.05, 0) is 74.5 Å². The molecule has 8 rings (SSSR count). The monoisotopic (exact) mass is 554 g/mol. The summed E-state index contributed by atoms with van der Waals surface area (Å²) in [5.41, 5.74) is 9.41. The van der Waals surface area contributed by atoms with E-state index < -0.39 is 0 Å². The van der Waals surface area contributed by atoms with Crippen LogP contribution >= 0.6 is 0 Å². The molecule has 43 heavy (non-hydrogen) atoms. The van der Waals surface area contributed by atoms with E-state index in [9.17, 15) is 0 Å². The maximum absolute atomic E-state index is 6.28. The number of fused-ring (bicyclic) bond motifs is 6. The molecule has 0 fully saturated rings. The summed E-state index contributed by atoms with van der Waals surface area (Å²) >= 11 is 0. The summed E-state index contributed by atoms with van der Waals surface area (Å²) in [5, 5.41) is 4.33. The Labute approximate surface area is 248 Å². The van der Waals surface area contributed by atoms with Gasteiger partial charge in [0.1, 0.15) is 11.5 Å². The Morgan fingerprint density at radius 2 is 0.860 bits per heavy atom. The fourth-order valence-corrected chi connectivity index (χ4v) is 5.60. The minimum Gasteiger partial charge on any atom is -0.457 e. The molecule has 0 spiro atoms. The molecule has 0 saturated heterocycles. The third kappa shape index (κ3) is 4.61. The van der Waals surface area contributed by atoms with Gasteiger partial charge in [0.25, 0.3) is 0 Å². The van der Waals surface area contributed by atoms with Crippen LogP contribution in [0.2, 0.25) is 0 Å². The minimum atomic E-state index is 0.746. The Morgan fingerprint density at radius 3 is 1.42 bits per heavy atom. The molecule has 4 heterocycles. The fraction of sp³-hybridized carbons (Fsp3) is 0.0526. The topological polar surface area (TPSA) is 60.8 Å². The zero-order valence-corrected chi connectivity index (χ0v) is 23.7. The van der Waals surface area contributed by atoms with Crippen LogP contribution in [0.3, 0.4) is 0 Å². The lowest BCUT2D eigenvalue weighted by molar-refractivity contribution is 0.483. The van der Waals surface area contributed by atoms with E-state index in [4.69, 9.17) is 24.7 Å². The molecule has 4 aromatic heterocycles. The van der Waals surface area contributed by atoms with Gasteiger partial charge in [-0.25, -0.2) is 9.97 Å². The molecule has 0 aliphatic rings. The molecule has 204 valence electrons. The summed E-state index contributed by atoms with van der Waals surface area (Å²) in [7, 11) is 0. The Morgan fingerprint density at radius 1 is 0.395 bits per heavy atom. The van der Waals surface area contributed by atoms with Crippen molar-refractivity contribution in [2.75, 3.05) is 0 Å². The highest BCUT2D eigenvalue weighted by Crippen LogP contribution is 2.32. The molecule has 4 aromatic carbocycles. The third-order valence-corrected chi connectivity index (χ3v) is 7.83. The van der Waals surface area contributed by atoms with Crippen molar-refractivity contribution in [3.8, 4) is 34.0 Å². The summed E-state index contributed by atoms with van der Waals surface area (Å²) in [6, 6.07) is 41.1. The highest BCUT2D eigenvalue weighted by Gasteiger charge is 2.10. The number of ether oxygens (including phenoxy) is 1. The average molecular weight is 555 g/mol. The fourth-order valence-electron chi connectivity index (χ4n) is 5.60. The zero-order chi connectivity index (χ0) is 28.9. The molecule has 0 atom stereocenters. The molecule has 0 unspecified atom stereocenters. The molecule has 0 saturated carbocycles. The second-order valence-corrected chi connectivity index (χ2v) is 10.9. The van der Waals surface area contributed by atoms with E-state index >= 15 is 0 Å². The van der Waals surface area contributed by atoms with E-state index in [1.165, 1.54) is 0 Å². The number of hydrogen-bond acceptors (Lipinski definition) is 5. The predicted molar refractivity (Wildman–Crippen MR) is 175 cm³/mol. The van der Waals surface area contributed by atoms with E-state index in [-0.39, 0.29) is 0 Å². The van der Waals surface area contributed by atoms with E-state index in [1.807, 2.05) is 68.4 Å². The van der Waals surface area contributed by atoms with Crippen molar-refractivity contribution < 1.29 is 4.74 Å². The first-order valence-corrected chi connectivity index (χ1v) is 14.3. The van der Waals surface area contributed by atoms with Gasteiger partial charge < -0.3 is 4.74 Å². The van der Waals surface area contributed by atoms with Gasteiger partial charge in [-0.3, -0.25) is 9.97 Å². The molecule has 0 N–H and O–H groups in total. The number of hydrogen-bond donors (Lipinski definition) is 0. The largest absolute Gasteiger partial charge is 0.457 e. The molecule has 0 radical (unpaired) electrons. The van der Waals surface area contributed by atoms with E-state index in [2.05, 4.69) is 66.7 Å². The molecule has 0 bridgehead atoms. The van der Waals surface area contributed by atoms with Gasteiger partial charge in [0.05, 0.1) is 33.5 Å².